The Hall–Kier alpha value is -1.65. The molecule has 0 saturated carbocycles. The van der Waals surface area contributed by atoms with E-state index in [1.807, 2.05) is 0 Å². The number of aliphatic carboxylic acids is 1. The SMILES string of the molecule is O=C(O)Cc1c(O)cncc1F. The van der Waals surface area contributed by atoms with Crippen molar-refractivity contribution in [2.24, 2.45) is 0 Å². The monoisotopic (exact) mass is 171 g/mol. The smallest absolute Gasteiger partial charge is 0.308 e. The van der Waals surface area contributed by atoms with Crippen LogP contribution in [-0.2, 0) is 11.2 Å². The van der Waals surface area contributed by atoms with Crippen molar-refractivity contribution in [3.05, 3.63) is 23.8 Å². The van der Waals surface area contributed by atoms with E-state index in [0.29, 0.717) is 0 Å². The summed E-state index contributed by atoms with van der Waals surface area (Å²) in [5, 5.41) is 17.3. The van der Waals surface area contributed by atoms with Gasteiger partial charge < -0.3 is 10.2 Å². The number of halogens is 1. The minimum Gasteiger partial charge on any atom is -0.506 e. The van der Waals surface area contributed by atoms with Gasteiger partial charge in [0.2, 0.25) is 0 Å². The molecular formula is C7H6FNO3. The number of hydrogen-bond donors (Lipinski definition) is 2. The third kappa shape index (κ3) is 1.69. The third-order valence-corrected chi connectivity index (χ3v) is 1.31. The Morgan fingerprint density at radius 3 is 2.75 bits per heavy atom. The minimum absolute atomic E-state index is 0.238. The molecule has 0 saturated heterocycles. The molecule has 1 rings (SSSR count). The number of carboxylic acids is 1. The summed E-state index contributed by atoms with van der Waals surface area (Å²) in [5.74, 6) is -2.44. The average molecular weight is 171 g/mol. The van der Waals surface area contributed by atoms with Crippen molar-refractivity contribution >= 4 is 5.97 Å². The number of hydrogen-bond acceptors (Lipinski definition) is 3. The van der Waals surface area contributed by atoms with Crippen LogP contribution in [0.25, 0.3) is 0 Å². The van der Waals surface area contributed by atoms with Crippen LogP contribution < -0.4 is 0 Å². The van der Waals surface area contributed by atoms with E-state index in [2.05, 4.69) is 4.98 Å². The Balaban J connectivity index is 3.04. The summed E-state index contributed by atoms with van der Waals surface area (Å²) in [6.45, 7) is 0. The molecule has 0 fully saturated rings. The summed E-state index contributed by atoms with van der Waals surface area (Å²) >= 11 is 0. The van der Waals surface area contributed by atoms with E-state index in [1.54, 1.807) is 0 Å². The molecule has 4 nitrogen and oxygen atoms in total. The average Bonchev–Trinajstić information content (AvgIpc) is 1.97. The van der Waals surface area contributed by atoms with Gasteiger partial charge in [-0.05, 0) is 0 Å². The van der Waals surface area contributed by atoms with E-state index in [0.717, 1.165) is 12.4 Å². The van der Waals surface area contributed by atoms with Gasteiger partial charge in [-0.3, -0.25) is 9.78 Å². The topological polar surface area (TPSA) is 70.4 Å². The molecule has 2 N–H and O–H groups in total. The van der Waals surface area contributed by atoms with Crippen LogP contribution in [0.1, 0.15) is 5.56 Å². The normalized spacial score (nSPS) is 9.75. The van der Waals surface area contributed by atoms with E-state index in [4.69, 9.17) is 10.2 Å². The minimum atomic E-state index is -1.20. The Morgan fingerprint density at radius 2 is 2.25 bits per heavy atom. The predicted octanol–water partition coefficient (Wildman–Crippen LogP) is 0.553. The van der Waals surface area contributed by atoms with Gasteiger partial charge in [-0.2, -0.15) is 0 Å². The third-order valence-electron chi connectivity index (χ3n) is 1.31. The number of pyridine rings is 1. The number of rotatable bonds is 2. The lowest BCUT2D eigenvalue weighted by molar-refractivity contribution is -0.136. The van der Waals surface area contributed by atoms with Gasteiger partial charge >= 0.3 is 5.97 Å². The van der Waals surface area contributed by atoms with Crippen LogP contribution >= 0.6 is 0 Å². The first-order chi connectivity index (χ1) is 5.61. The lowest BCUT2D eigenvalue weighted by atomic mass is 10.2. The maximum atomic E-state index is 12.7. The van der Waals surface area contributed by atoms with Crippen LogP contribution in [0.5, 0.6) is 5.75 Å². The molecule has 0 unspecified atom stereocenters. The highest BCUT2D eigenvalue weighted by Gasteiger charge is 2.11. The molecule has 1 aromatic heterocycles. The standard InChI is InChI=1S/C7H6FNO3/c8-5-2-9-3-6(10)4(5)1-7(11)12/h2-3,10H,1H2,(H,11,12). The Kier molecular flexibility index (Phi) is 2.23. The highest BCUT2D eigenvalue weighted by molar-refractivity contribution is 5.71. The van der Waals surface area contributed by atoms with Crippen molar-refractivity contribution in [3.63, 3.8) is 0 Å². The van der Waals surface area contributed by atoms with Crippen molar-refractivity contribution in [2.45, 2.75) is 6.42 Å². The van der Waals surface area contributed by atoms with Crippen molar-refractivity contribution in [3.8, 4) is 5.75 Å². The van der Waals surface area contributed by atoms with Crippen LogP contribution in [0.3, 0.4) is 0 Å². The molecule has 0 bridgehead atoms. The fourth-order valence-corrected chi connectivity index (χ4v) is 0.778. The number of aromatic nitrogens is 1. The molecule has 0 spiro atoms. The van der Waals surface area contributed by atoms with Gasteiger partial charge in [-0.1, -0.05) is 0 Å². The van der Waals surface area contributed by atoms with Crippen LogP contribution in [0.4, 0.5) is 4.39 Å². The van der Waals surface area contributed by atoms with Crippen molar-refractivity contribution in [2.75, 3.05) is 0 Å². The van der Waals surface area contributed by atoms with Crippen molar-refractivity contribution < 1.29 is 19.4 Å². The second kappa shape index (κ2) is 3.17. The first-order valence-electron chi connectivity index (χ1n) is 3.14. The second-order valence-electron chi connectivity index (χ2n) is 2.19. The van der Waals surface area contributed by atoms with E-state index in [-0.39, 0.29) is 5.56 Å². The van der Waals surface area contributed by atoms with Crippen LogP contribution in [0, 0.1) is 5.82 Å². The van der Waals surface area contributed by atoms with E-state index in [9.17, 15) is 9.18 Å². The van der Waals surface area contributed by atoms with Crippen LogP contribution in [0.2, 0.25) is 0 Å². The molecule has 0 aliphatic rings. The van der Waals surface area contributed by atoms with Crippen molar-refractivity contribution in [1.82, 2.24) is 4.98 Å². The maximum absolute atomic E-state index is 12.7. The van der Waals surface area contributed by atoms with Gasteiger partial charge in [0.1, 0.15) is 11.6 Å². The summed E-state index contributed by atoms with van der Waals surface area (Å²) in [7, 11) is 0. The molecule has 1 aromatic rings. The first-order valence-corrected chi connectivity index (χ1v) is 3.14. The number of aromatic hydroxyl groups is 1. The Bertz CT molecular complexity index is 293. The zero-order valence-corrected chi connectivity index (χ0v) is 5.99. The van der Waals surface area contributed by atoms with E-state index < -0.39 is 24.0 Å². The molecule has 64 valence electrons. The summed E-state index contributed by atoms with van der Waals surface area (Å²) < 4.78 is 12.7. The molecule has 5 heteroatoms. The lowest BCUT2D eigenvalue weighted by Crippen LogP contribution is -2.03. The number of carboxylic acid groups (broad SMARTS) is 1. The van der Waals surface area contributed by atoms with Crippen LogP contribution in [-0.4, -0.2) is 21.2 Å². The van der Waals surface area contributed by atoms with E-state index >= 15 is 0 Å². The zero-order chi connectivity index (χ0) is 9.14. The second-order valence-corrected chi connectivity index (χ2v) is 2.19. The quantitative estimate of drug-likeness (QED) is 0.681. The number of carbonyl (C=O) groups is 1. The van der Waals surface area contributed by atoms with Gasteiger partial charge in [0, 0.05) is 5.56 Å². The first kappa shape index (κ1) is 8.45. The summed E-state index contributed by atoms with van der Waals surface area (Å²) in [5.41, 5.74) is -0.238. The molecule has 1 heterocycles. The molecule has 12 heavy (non-hydrogen) atoms. The summed E-state index contributed by atoms with van der Waals surface area (Å²) in [6.07, 6.45) is 1.32. The van der Waals surface area contributed by atoms with Gasteiger partial charge in [-0.25, -0.2) is 4.39 Å². The zero-order valence-electron chi connectivity index (χ0n) is 5.99. The molecular weight excluding hydrogens is 165 g/mol. The molecule has 0 aliphatic carbocycles. The summed E-state index contributed by atoms with van der Waals surface area (Å²) in [4.78, 5) is 13.5. The highest BCUT2D eigenvalue weighted by atomic mass is 19.1. The number of nitrogens with zero attached hydrogens (tertiary/aromatic N) is 1. The predicted molar refractivity (Wildman–Crippen MR) is 37.2 cm³/mol. The fourth-order valence-electron chi connectivity index (χ4n) is 0.778. The van der Waals surface area contributed by atoms with Gasteiger partial charge in [0.15, 0.2) is 0 Å². The highest BCUT2D eigenvalue weighted by Crippen LogP contribution is 2.18. The fraction of sp³-hybridized carbons (Fsp3) is 0.143. The summed E-state index contributed by atoms with van der Waals surface area (Å²) in [6, 6.07) is 0. The molecule has 0 aliphatic heterocycles. The van der Waals surface area contributed by atoms with Crippen LogP contribution in [0.15, 0.2) is 12.4 Å². The van der Waals surface area contributed by atoms with Gasteiger partial charge in [-0.15, -0.1) is 0 Å². The molecule has 0 aromatic carbocycles. The molecule has 0 atom stereocenters. The van der Waals surface area contributed by atoms with Gasteiger partial charge in [0.05, 0.1) is 18.8 Å². The maximum Gasteiger partial charge on any atom is 0.308 e. The molecule has 0 amide bonds. The lowest BCUT2D eigenvalue weighted by Gasteiger charge is -2.00. The van der Waals surface area contributed by atoms with Crippen molar-refractivity contribution in [1.29, 1.82) is 0 Å². The Labute approximate surface area is 67.3 Å². The van der Waals surface area contributed by atoms with Gasteiger partial charge in [0.25, 0.3) is 0 Å². The largest absolute Gasteiger partial charge is 0.506 e. The van der Waals surface area contributed by atoms with E-state index in [1.165, 1.54) is 0 Å². The Morgan fingerprint density at radius 1 is 1.58 bits per heavy atom. The molecule has 0 radical (unpaired) electrons.